The number of benzene rings is 1. The van der Waals surface area contributed by atoms with E-state index >= 15 is 0 Å². The van der Waals surface area contributed by atoms with Crippen LogP contribution in [0, 0.1) is 0 Å². The van der Waals surface area contributed by atoms with Crippen molar-refractivity contribution in [2.75, 3.05) is 11.9 Å². The van der Waals surface area contributed by atoms with Crippen LogP contribution in [0.2, 0.25) is 5.02 Å². The molecule has 0 radical (unpaired) electrons. The van der Waals surface area contributed by atoms with Crippen LogP contribution in [0.1, 0.15) is 34.6 Å². The van der Waals surface area contributed by atoms with Crippen LogP contribution in [0.25, 0.3) is 0 Å². The number of nitrogens with one attached hydrogen (secondary N) is 2. The summed E-state index contributed by atoms with van der Waals surface area (Å²) in [6, 6.07) is 16.7. The van der Waals surface area contributed by atoms with Gasteiger partial charge < -0.3 is 10.6 Å². The topological polar surface area (TPSA) is 66.9 Å². The molecule has 6 heteroatoms. The molecule has 5 nitrogen and oxygen atoms in total. The van der Waals surface area contributed by atoms with E-state index < -0.39 is 0 Å². The maximum absolute atomic E-state index is 11.9. The van der Waals surface area contributed by atoms with Crippen LogP contribution in [0.15, 0.2) is 67.0 Å². The van der Waals surface area contributed by atoms with Crippen molar-refractivity contribution in [2.24, 2.45) is 0 Å². The molecule has 0 bridgehead atoms. The Morgan fingerprint density at radius 3 is 2.65 bits per heavy atom. The molecule has 3 aromatic rings. The first kappa shape index (κ1) is 17.9. The minimum Gasteiger partial charge on any atom is -0.358 e. The molecule has 0 saturated carbocycles. The molecule has 3 rings (SSSR count). The number of anilines is 1. The van der Waals surface area contributed by atoms with Crippen molar-refractivity contribution >= 4 is 23.3 Å². The highest BCUT2D eigenvalue weighted by molar-refractivity contribution is 6.30. The Balaban J connectivity index is 1.88. The van der Waals surface area contributed by atoms with E-state index in [-0.39, 0.29) is 11.9 Å². The van der Waals surface area contributed by atoms with E-state index in [0.717, 1.165) is 11.3 Å². The summed E-state index contributed by atoms with van der Waals surface area (Å²) in [5.41, 5.74) is 2.35. The summed E-state index contributed by atoms with van der Waals surface area (Å²) >= 11 is 6.16. The van der Waals surface area contributed by atoms with Crippen LogP contribution in [0.3, 0.4) is 0 Å². The lowest BCUT2D eigenvalue weighted by Gasteiger charge is -2.20. The monoisotopic (exact) mass is 366 g/mol. The maximum atomic E-state index is 11.9. The van der Waals surface area contributed by atoms with E-state index in [2.05, 4.69) is 20.6 Å². The maximum Gasteiger partial charge on any atom is 0.252 e. The molecular weight excluding hydrogens is 348 g/mol. The summed E-state index contributed by atoms with van der Waals surface area (Å²) in [7, 11) is 0. The third kappa shape index (κ3) is 4.37. The number of pyridine rings is 2. The van der Waals surface area contributed by atoms with Crippen LogP contribution < -0.4 is 10.6 Å². The lowest BCUT2D eigenvalue weighted by molar-refractivity contribution is 0.0955. The Morgan fingerprint density at radius 2 is 2.00 bits per heavy atom. The van der Waals surface area contributed by atoms with Gasteiger partial charge in [-0.2, -0.15) is 0 Å². The summed E-state index contributed by atoms with van der Waals surface area (Å²) in [6.07, 6.45) is 3.31. The van der Waals surface area contributed by atoms with Crippen LogP contribution in [0.4, 0.5) is 5.82 Å². The number of hydrogen-bond acceptors (Lipinski definition) is 4. The van der Waals surface area contributed by atoms with Crippen LogP contribution in [0.5, 0.6) is 0 Å². The Bertz CT molecular complexity index is 868. The minimum atomic E-state index is -0.210. The molecule has 1 aromatic carbocycles. The number of hydrogen-bond donors (Lipinski definition) is 2. The number of carbonyl (C=O) groups excluding carboxylic acids is 1. The van der Waals surface area contributed by atoms with Gasteiger partial charge in [0.2, 0.25) is 0 Å². The third-order valence-corrected chi connectivity index (χ3v) is 4.06. The zero-order valence-corrected chi connectivity index (χ0v) is 15.1. The zero-order valence-electron chi connectivity index (χ0n) is 14.3. The molecule has 0 saturated heterocycles. The van der Waals surface area contributed by atoms with Gasteiger partial charge in [0.1, 0.15) is 5.82 Å². The quantitative estimate of drug-likeness (QED) is 0.689. The van der Waals surface area contributed by atoms with Gasteiger partial charge in [0.05, 0.1) is 17.3 Å². The predicted octanol–water partition coefficient (Wildman–Crippen LogP) is 4.08. The van der Waals surface area contributed by atoms with Gasteiger partial charge in [0, 0.05) is 24.0 Å². The number of aromatic nitrogens is 2. The van der Waals surface area contributed by atoms with Gasteiger partial charge >= 0.3 is 0 Å². The lowest BCUT2D eigenvalue weighted by Crippen LogP contribution is -2.22. The van der Waals surface area contributed by atoms with Crippen molar-refractivity contribution in [1.29, 1.82) is 0 Å². The van der Waals surface area contributed by atoms with E-state index in [1.165, 1.54) is 0 Å². The van der Waals surface area contributed by atoms with Gasteiger partial charge in [-0.1, -0.05) is 29.8 Å². The van der Waals surface area contributed by atoms with Crippen molar-refractivity contribution in [3.63, 3.8) is 0 Å². The van der Waals surface area contributed by atoms with Crippen LogP contribution in [-0.2, 0) is 0 Å². The standard InChI is InChI=1S/C20H19ClN4O/c1-2-22-20(26)15-9-10-18(24-13-15)25-19(17-8-3-4-11-23-17)14-6-5-7-16(21)12-14/h3-13,19H,2H2,1H3,(H,22,26)(H,24,25). The molecule has 2 N–H and O–H groups in total. The molecule has 1 amide bonds. The van der Waals surface area contributed by atoms with Gasteiger partial charge in [-0.15, -0.1) is 0 Å². The molecule has 132 valence electrons. The molecule has 1 unspecified atom stereocenters. The first-order valence-electron chi connectivity index (χ1n) is 8.34. The molecular formula is C20H19ClN4O. The number of nitrogens with zero attached hydrogens (tertiary/aromatic N) is 2. The lowest BCUT2D eigenvalue weighted by atomic mass is 10.0. The third-order valence-electron chi connectivity index (χ3n) is 3.82. The van der Waals surface area contributed by atoms with Crippen molar-refractivity contribution < 1.29 is 4.79 Å². The minimum absolute atomic E-state index is 0.136. The van der Waals surface area contributed by atoms with E-state index in [9.17, 15) is 4.79 Å². The Hall–Kier alpha value is -2.92. The summed E-state index contributed by atoms with van der Waals surface area (Å²) in [5.74, 6) is 0.511. The van der Waals surface area contributed by atoms with Gasteiger partial charge in [-0.3, -0.25) is 9.78 Å². The molecule has 1 atom stereocenters. The molecule has 26 heavy (non-hydrogen) atoms. The molecule has 0 spiro atoms. The summed E-state index contributed by atoms with van der Waals surface area (Å²) in [6.45, 7) is 2.46. The molecule has 0 fully saturated rings. The summed E-state index contributed by atoms with van der Waals surface area (Å²) in [4.78, 5) is 20.7. The smallest absolute Gasteiger partial charge is 0.252 e. The zero-order chi connectivity index (χ0) is 18.4. The molecule has 2 heterocycles. The van der Waals surface area contributed by atoms with Crippen molar-refractivity contribution in [2.45, 2.75) is 13.0 Å². The summed E-state index contributed by atoms with van der Waals surface area (Å²) in [5, 5.41) is 6.79. The van der Waals surface area contributed by atoms with Gasteiger partial charge in [-0.05, 0) is 48.9 Å². The average Bonchev–Trinajstić information content (AvgIpc) is 2.67. The SMILES string of the molecule is CCNC(=O)c1ccc(NC(c2cccc(Cl)c2)c2ccccn2)nc1. The van der Waals surface area contributed by atoms with Gasteiger partial charge in [0.15, 0.2) is 0 Å². The number of carbonyl (C=O) groups is 1. The second-order valence-electron chi connectivity index (χ2n) is 5.68. The normalized spacial score (nSPS) is 11.6. The molecule has 0 aliphatic heterocycles. The highest BCUT2D eigenvalue weighted by atomic mass is 35.5. The molecule has 0 aliphatic carbocycles. The first-order chi connectivity index (χ1) is 12.7. The molecule has 0 aliphatic rings. The van der Waals surface area contributed by atoms with E-state index in [1.54, 1.807) is 24.5 Å². The molecule has 2 aromatic heterocycles. The van der Waals surface area contributed by atoms with E-state index in [4.69, 9.17) is 11.6 Å². The highest BCUT2D eigenvalue weighted by Crippen LogP contribution is 2.26. The van der Waals surface area contributed by atoms with E-state index in [1.807, 2.05) is 49.4 Å². The largest absolute Gasteiger partial charge is 0.358 e. The van der Waals surface area contributed by atoms with Crippen molar-refractivity contribution in [3.05, 3.63) is 88.8 Å². The average molecular weight is 367 g/mol. The predicted molar refractivity (Wildman–Crippen MR) is 103 cm³/mol. The van der Waals surface area contributed by atoms with E-state index in [0.29, 0.717) is 22.9 Å². The number of halogens is 1. The second kappa shape index (κ2) is 8.45. The van der Waals surface area contributed by atoms with Crippen LogP contribution >= 0.6 is 11.6 Å². The van der Waals surface area contributed by atoms with Gasteiger partial charge in [-0.25, -0.2) is 4.98 Å². The number of rotatable bonds is 6. The fraction of sp³-hybridized carbons (Fsp3) is 0.150. The van der Waals surface area contributed by atoms with Crippen LogP contribution in [-0.4, -0.2) is 22.4 Å². The fourth-order valence-electron chi connectivity index (χ4n) is 2.58. The second-order valence-corrected chi connectivity index (χ2v) is 6.11. The first-order valence-corrected chi connectivity index (χ1v) is 8.72. The highest BCUT2D eigenvalue weighted by Gasteiger charge is 2.16. The Morgan fingerprint density at radius 1 is 1.12 bits per heavy atom. The Labute approximate surface area is 157 Å². The van der Waals surface area contributed by atoms with Crippen molar-refractivity contribution in [1.82, 2.24) is 15.3 Å². The van der Waals surface area contributed by atoms with Gasteiger partial charge in [0.25, 0.3) is 5.91 Å². The fourth-order valence-corrected chi connectivity index (χ4v) is 2.78. The summed E-state index contributed by atoms with van der Waals surface area (Å²) < 4.78 is 0. The number of amides is 1. The Kier molecular flexibility index (Phi) is 5.81. The van der Waals surface area contributed by atoms with Crippen molar-refractivity contribution in [3.8, 4) is 0 Å².